The Hall–Kier alpha value is -3.27. The van der Waals surface area contributed by atoms with Crippen molar-refractivity contribution in [1.29, 1.82) is 0 Å². The first-order chi connectivity index (χ1) is 15.2. The summed E-state index contributed by atoms with van der Waals surface area (Å²) in [6.07, 6.45) is 6.53. The molecule has 32 heavy (non-hydrogen) atoms. The molecule has 0 saturated heterocycles. The Labute approximate surface area is 186 Å². The number of pyridine rings is 2. The lowest BCUT2D eigenvalue weighted by Gasteiger charge is -2.14. The number of methoxy groups -OCH3 is 1. The third-order valence-electron chi connectivity index (χ3n) is 5.49. The fraction of sp³-hybridized carbons (Fsp3) is 0.364. The summed E-state index contributed by atoms with van der Waals surface area (Å²) in [5.41, 5.74) is 1.24. The Morgan fingerprint density at radius 2 is 1.97 bits per heavy atom. The van der Waals surface area contributed by atoms with Crippen molar-refractivity contribution in [2.24, 2.45) is 13.0 Å². The molecule has 1 fully saturated rings. The van der Waals surface area contributed by atoms with Gasteiger partial charge in [-0.15, -0.1) is 0 Å². The fourth-order valence-electron chi connectivity index (χ4n) is 3.57. The minimum absolute atomic E-state index is 0.0173. The van der Waals surface area contributed by atoms with Gasteiger partial charge in [-0.3, -0.25) is 9.78 Å². The number of sulfone groups is 1. The lowest BCUT2D eigenvalue weighted by Crippen LogP contribution is -2.18. The molecule has 0 bridgehead atoms. The second kappa shape index (κ2) is 8.34. The monoisotopic (exact) mass is 456 g/mol. The van der Waals surface area contributed by atoms with E-state index in [4.69, 9.17) is 9.47 Å². The highest BCUT2D eigenvalue weighted by atomic mass is 32.2. The molecule has 1 aliphatic rings. The van der Waals surface area contributed by atoms with Crippen LogP contribution >= 0.6 is 0 Å². The van der Waals surface area contributed by atoms with Crippen molar-refractivity contribution in [2.75, 3.05) is 20.0 Å². The zero-order chi connectivity index (χ0) is 23.0. The zero-order valence-electron chi connectivity index (χ0n) is 18.3. The number of hydrogen-bond acceptors (Lipinski definition) is 8. The lowest BCUT2D eigenvalue weighted by molar-refractivity contribution is 0.285. The van der Waals surface area contributed by atoms with Gasteiger partial charge in [0.15, 0.2) is 9.84 Å². The summed E-state index contributed by atoms with van der Waals surface area (Å²) in [7, 11) is -0.502. The van der Waals surface area contributed by atoms with Crippen LogP contribution in [0.15, 0.2) is 46.5 Å². The van der Waals surface area contributed by atoms with Crippen LogP contribution in [0.1, 0.15) is 23.9 Å². The molecule has 0 aromatic carbocycles. The third-order valence-corrected chi connectivity index (χ3v) is 6.61. The van der Waals surface area contributed by atoms with E-state index in [1.165, 1.54) is 30.1 Å². The van der Waals surface area contributed by atoms with Crippen LogP contribution in [0.5, 0.6) is 11.6 Å². The predicted molar refractivity (Wildman–Crippen MR) is 118 cm³/mol. The second-order valence-electron chi connectivity index (χ2n) is 7.94. The van der Waals surface area contributed by atoms with Gasteiger partial charge in [-0.05, 0) is 25.5 Å². The first-order valence-electron chi connectivity index (χ1n) is 10.0. The molecule has 0 spiro atoms. The van der Waals surface area contributed by atoms with Gasteiger partial charge in [0.25, 0.3) is 5.56 Å². The van der Waals surface area contributed by atoms with E-state index in [0.717, 1.165) is 18.4 Å². The van der Waals surface area contributed by atoms with Gasteiger partial charge in [-0.1, -0.05) is 0 Å². The Kier molecular flexibility index (Phi) is 5.72. The van der Waals surface area contributed by atoms with Gasteiger partial charge in [-0.2, -0.15) is 4.98 Å². The first-order valence-corrected chi connectivity index (χ1v) is 11.9. The number of aryl methyl sites for hydroxylation is 2. The molecule has 10 heteroatoms. The third kappa shape index (κ3) is 4.50. The van der Waals surface area contributed by atoms with E-state index >= 15 is 0 Å². The van der Waals surface area contributed by atoms with Crippen LogP contribution in [-0.4, -0.2) is 47.9 Å². The highest BCUT2D eigenvalue weighted by molar-refractivity contribution is 7.90. The van der Waals surface area contributed by atoms with E-state index in [-0.39, 0.29) is 33.7 Å². The molecule has 2 atom stereocenters. The molecule has 2 unspecified atom stereocenters. The Morgan fingerprint density at radius 3 is 2.62 bits per heavy atom. The summed E-state index contributed by atoms with van der Waals surface area (Å²) in [5.74, 6) is 1.99. The second-order valence-corrected chi connectivity index (χ2v) is 9.93. The van der Waals surface area contributed by atoms with Crippen molar-refractivity contribution < 1.29 is 17.9 Å². The maximum Gasteiger partial charge on any atom is 0.250 e. The van der Waals surface area contributed by atoms with Gasteiger partial charge in [0, 0.05) is 54.9 Å². The van der Waals surface area contributed by atoms with Gasteiger partial charge in [0.2, 0.25) is 5.88 Å². The summed E-state index contributed by atoms with van der Waals surface area (Å²) in [6.45, 7) is 2.11. The standard InChI is InChI=1S/C22H24N4O5S/c1-13-23-10-18(17-8-21(27)26(2)11-20(17)32(4,28)29)22(25-13)31-12-14-7-16(14)19-6-5-15(30-3)9-24-19/h5-6,8-11,14,16H,7,12H2,1-4H3. The summed E-state index contributed by atoms with van der Waals surface area (Å²) < 4.78 is 37.2. The lowest BCUT2D eigenvalue weighted by atomic mass is 10.1. The van der Waals surface area contributed by atoms with E-state index in [2.05, 4.69) is 15.0 Å². The molecular formula is C22H24N4O5S. The molecular weight excluding hydrogens is 432 g/mol. The number of rotatable bonds is 7. The van der Waals surface area contributed by atoms with Gasteiger partial charge < -0.3 is 14.0 Å². The van der Waals surface area contributed by atoms with E-state index < -0.39 is 9.84 Å². The van der Waals surface area contributed by atoms with Gasteiger partial charge in [0.1, 0.15) is 11.6 Å². The van der Waals surface area contributed by atoms with E-state index in [0.29, 0.717) is 23.7 Å². The van der Waals surface area contributed by atoms with E-state index in [9.17, 15) is 13.2 Å². The molecule has 9 nitrogen and oxygen atoms in total. The van der Waals surface area contributed by atoms with Crippen molar-refractivity contribution in [3.05, 3.63) is 58.7 Å². The number of aromatic nitrogens is 4. The van der Waals surface area contributed by atoms with Crippen LogP contribution in [0.3, 0.4) is 0 Å². The quantitative estimate of drug-likeness (QED) is 0.531. The average molecular weight is 457 g/mol. The summed E-state index contributed by atoms with van der Waals surface area (Å²) in [6, 6.07) is 5.10. The highest BCUT2D eigenvalue weighted by Gasteiger charge is 2.40. The fourth-order valence-corrected chi connectivity index (χ4v) is 4.49. The molecule has 0 radical (unpaired) electrons. The number of ether oxygens (including phenoxy) is 2. The molecule has 3 aromatic heterocycles. The maximum atomic E-state index is 12.4. The topological polar surface area (TPSA) is 113 Å². The zero-order valence-corrected chi connectivity index (χ0v) is 19.1. The molecule has 0 aliphatic heterocycles. The molecule has 3 aromatic rings. The Bertz CT molecular complexity index is 1320. The van der Waals surface area contributed by atoms with Gasteiger partial charge in [0.05, 0.1) is 30.4 Å². The van der Waals surface area contributed by atoms with Crippen molar-refractivity contribution in [3.8, 4) is 22.8 Å². The molecule has 0 amide bonds. The van der Waals surface area contributed by atoms with E-state index in [1.807, 2.05) is 12.1 Å². The van der Waals surface area contributed by atoms with E-state index in [1.54, 1.807) is 20.2 Å². The van der Waals surface area contributed by atoms with Crippen molar-refractivity contribution >= 4 is 9.84 Å². The number of nitrogens with zero attached hydrogens (tertiary/aromatic N) is 4. The molecule has 1 aliphatic carbocycles. The van der Waals surface area contributed by atoms with Crippen LogP contribution in [0, 0.1) is 12.8 Å². The molecule has 168 valence electrons. The SMILES string of the molecule is COc1ccc(C2CC2COc2nc(C)ncc2-c2cc(=O)n(C)cc2S(C)(=O)=O)nc1. The first kappa shape index (κ1) is 21.9. The minimum Gasteiger partial charge on any atom is -0.495 e. The van der Waals surface area contributed by atoms with Crippen LogP contribution < -0.4 is 15.0 Å². The predicted octanol–water partition coefficient (Wildman–Crippen LogP) is 2.14. The summed E-state index contributed by atoms with van der Waals surface area (Å²) >= 11 is 0. The highest BCUT2D eigenvalue weighted by Crippen LogP contribution is 2.47. The molecule has 4 rings (SSSR count). The van der Waals surface area contributed by atoms with Crippen molar-refractivity contribution in [2.45, 2.75) is 24.2 Å². The van der Waals surface area contributed by atoms with Crippen molar-refractivity contribution in [3.63, 3.8) is 0 Å². The summed E-state index contributed by atoms with van der Waals surface area (Å²) in [5, 5.41) is 0. The van der Waals surface area contributed by atoms with Crippen LogP contribution in [-0.2, 0) is 16.9 Å². The molecule has 0 N–H and O–H groups in total. The maximum absolute atomic E-state index is 12.4. The van der Waals surface area contributed by atoms with Crippen LogP contribution in [0.2, 0.25) is 0 Å². The van der Waals surface area contributed by atoms with Gasteiger partial charge in [-0.25, -0.2) is 13.4 Å². The average Bonchev–Trinajstić information content (AvgIpc) is 3.53. The smallest absolute Gasteiger partial charge is 0.250 e. The van der Waals surface area contributed by atoms with Crippen LogP contribution in [0.25, 0.3) is 11.1 Å². The minimum atomic E-state index is -3.61. The largest absolute Gasteiger partial charge is 0.495 e. The van der Waals surface area contributed by atoms with Crippen LogP contribution in [0.4, 0.5) is 0 Å². The summed E-state index contributed by atoms with van der Waals surface area (Å²) in [4.78, 5) is 25.3. The Morgan fingerprint density at radius 1 is 1.19 bits per heavy atom. The Balaban J connectivity index is 1.61. The number of hydrogen-bond donors (Lipinski definition) is 0. The van der Waals surface area contributed by atoms with Gasteiger partial charge >= 0.3 is 0 Å². The van der Waals surface area contributed by atoms with Crippen molar-refractivity contribution in [1.82, 2.24) is 19.5 Å². The normalized spacial score (nSPS) is 17.8. The molecule has 1 saturated carbocycles. The molecule has 3 heterocycles.